The second-order valence-corrected chi connectivity index (χ2v) is 5.78. The molecule has 0 N–H and O–H groups in total. The maximum absolute atomic E-state index is 13.6. The summed E-state index contributed by atoms with van der Waals surface area (Å²) in [6.07, 6.45) is 3.76. The summed E-state index contributed by atoms with van der Waals surface area (Å²) in [5, 5.41) is 0. The van der Waals surface area contributed by atoms with Crippen LogP contribution in [0.1, 0.15) is 19.3 Å². The van der Waals surface area contributed by atoms with Crippen molar-refractivity contribution in [3.8, 4) is 0 Å². The normalized spacial score (nSPS) is 21.8. The van der Waals surface area contributed by atoms with E-state index >= 15 is 0 Å². The lowest BCUT2D eigenvalue weighted by Gasteiger charge is -2.57. The molecule has 4 heteroatoms. The van der Waals surface area contributed by atoms with Crippen molar-refractivity contribution in [2.24, 2.45) is 5.41 Å². The summed E-state index contributed by atoms with van der Waals surface area (Å²) in [5.74, 6) is -0.742. The fraction of sp³-hybridized carbons (Fsp3) is 0.500. The van der Waals surface area contributed by atoms with Crippen molar-refractivity contribution >= 4 is 21.6 Å². The topological polar surface area (TPSA) is 3.24 Å². The van der Waals surface area contributed by atoms with Gasteiger partial charge in [-0.2, -0.15) is 0 Å². The van der Waals surface area contributed by atoms with Gasteiger partial charge in [-0.15, -0.1) is 0 Å². The Morgan fingerprint density at radius 1 is 1.12 bits per heavy atom. The van der Waals surface area contributed by atoms with Crippen LogP contribution in [0.15, 0.2) is 16.6 Å². The minimum atomic E-state index is -0.397. The van der Waals surface area contributed by atoms with Gasteiger partial charge in [0.05, 0.1) is 10.2 Å². The molecule has 1 saturated heterocycles. The maximum atomic E-state index is 13.6. The van der Waals surface area contributed by atoms with Gasteiger partial charge in [-0.1, -0.05) is 6.42 Å². The standard InChI is InChI=1S/C12H12BrF2N/c13-8-4-10(15)11(5-9(8)14)16-6-12(7-16)2-1-3-12/h4-5H,1-3,6-7H2. The molecule has 0 amide bonds. The van der Waals surface area contributed by atoms with Gasteiger partial charge in [-0.3, -0.25) is 0 Å². The Labute approximate surface area is 102 Å². The molecule has 0 bridgehead atoms. The van der Waals surface area contributed by atoms with Gasteiger partial charge in [0.1, 0.15) is 11.6 Å². The fourth-order valence-electron chi connectivity index (χ4n) is 2.68. The Balaban J connectivity index is 1.83. The zero-order valence-electron chi connectivity index (χ0n) is 8.77. The summed E-state index contributed by atoms with van der Waals surface area (Å²) < 4.78 is 27.2. The van der Waals surface area contributed by atoms with Crippen LogP contribution in [0.2, 0.25) is 0 Å². The van der Waals surface area contributed by atoms with Gasteiger partial charge < -0.3 is 4.90 Å². The molecule has 1 nitrogen and oxygen atoms in total. The molecule has 16 heavy (non-hydrogen) atoms. The van der Waals surface area contributed by atoms with E-state index in [9.17, 15) is 8.78 Å². The van der Waals surface area contributed by atoms with E-state index < -0.39 is 5.82 Å². The third-order valence-electron chi connectivity index (χ3n) is 3.80. The van der Waals surface area contributed by atoms with Crippen LogP contribution in [0.5, 0.6) is 0 Å². The lowest BCUT2D eigenvalue weighted by molar-refractivity contribution is 0.0897. The van der Waals surface area contributed by atoms with E-state index in [2.05, 4.69) is 15.9 Å². The first-order valence-electron chi connectivity index (χ1n) is 5.49. The molecule has 1 aliphatic carbocycles. The van der Waals surface area contributed by atoms with Gasteiger partial charge >= 0.3 is 0 Å². The molecule has 2 fully saturated rings. The van der Waals surface area contributed by atoms with Crippen LogP contribution in [0.25, 0.3) is 0 Å². The number of benzene rings is 1. The first-order valence-corrected chi connectivity index (χ1v) is 6.28. The molecule has 1 heterocycles. The maximum Gasteiger partial charge on any atom is 0.147 e. The smallest absolute Gasteiger partial charge is 0.147 e. The van der Waals surface area contributed by atoms with E-state index in [0.29, 0.717) is 11.1 Å². The van der Waals surface area contributed by atoms with Gasteiger partial charge in [0.2, 0.25) is 0 Å². The minimum Gasteiger partial charge on any atom is -0.368 e. The highest BCUT2D eigenvalue weighted by molar-refractivity contribution is 9.10. The number of halogens is 3. The average molecular weight is 288 g/mol. The lowest BCUT2D eigenvalue weighted by Crippen LogP contribution is -2.60. The van der Waals surface area contributed by atoms with Crippen molar-refractivity contribution in [3.63, 3.8) is 0 Å². The van der Waals surface area contributed by atoms with E-state index in [4.69, 9.17) is 0 Å². The summed E-state index contributed by atoms with van der Waals surface area (Å²) in [6.45, 7) is 1.76. The molecule has 3 rings (SSSR count). The third-order valence-corrected chi connectivity index (χ3v) is 4.40. The molecule has 1 aliphatic heterocycles. The predicted molar refractivity (Wildman–Crippen MR) is 62.6 cm³/mol. The number of nitrogens with zero attached hydrogens (tertiary/aromatic N) is 1. The number of hydrogen-bond acceptors (Lipinski definition) is 1. The van der Waals surface area contributed by atoms with Crippen LogP contribution >= 0.6 is 15.9 Å². The van der Waals surface area contributed by atoms with E-state index in [1.807, 2.05) is 4.90 Å². The van der Waals surface area contributed by atoms with Crippen LogP contribution < -0.4 is 4.90 Å². The van der Waals surface area contributed by atoms with Gasteiger partial charge in [-0.25, -0.2) is 8.78 Å². The zero-order chi connectivity index (χ0) is 11.3. The minimum absolute atomic E-state index is 0.188. The second-order valence-electron chi connectivity index (χ2n) is 4.93. The highest BCUT2D eigenvalue weighted by atomic mass is 79.9. The molecule has 0 radical (unpaired) electrons. The third kappa shape index (κ3) is 1.46. The van der Waals surface area contributed by atoms with Crippen molar-refractivity contribution in [1.82, 2.24) is 0 Å². The summed E-state index contributed by atoms with van der Waals surface area (Å²) in [4.78, 5) is 1.93. The SMILES string of the molecule is Fc1cc(N2CC3(CCC3)C2)c(F)cc1Br. The molecule has 0 unspecified atom stereocenters. The van der Waals surface area contributed by atoms with Crippen molar-refractivity contribution in [3.05, 3.63) is 28.2 Å². The van der Waals surface area contributed by atoms with Crippen molar-refractivity contribution in [2.45, 2.75) is 19.3 Å². The van der Waals surface area contributed by atoms with Crippen LogP contribution in [0.4, 0.5) is 14.5 Å². The van der Waals surface area contributed by atoms with E-state index in [1.165, 1.54) is 31.4 Å². The highest BCUT2D eigenvalue weighted by Crippen LogP contribution is 2.49. The zero-order valence-corrected chi connectivity index (χ0v) is 10.4. The van der Waals surface area contributed by atoms with Crippen molar-refractivity contribution in [2.75, 3.05) is 18.0 Å². The van der Waals surface area contributed by atoms with Gasteiger partial charge in [0.25, 0.3) is 0 Å². The average Bonchev–Trinajstić information content (AvgIpc) is 2.08. The number of rotatable bonds is 1. The first-order chi connectivity index (χ1) is 7.60. The summed E-state index contributed by atoms with van der Waals surface area (Å²) in [6, 6.07) is 2.49. The molecule has 1 spiro atoms. The van der Waals surface area contributed by atoms with E-state index in [-0.39, 0.29) is 10.3 Å². The van der Waals surface area contributed by atoms with Gasteiger partial charge in [0, 0.05) is 24.6 Å². The molecule has 86 valence electrons. The van der Waals surface area contributed by atoms with E-state index in [1.54, 1.807) is 0 Å². The van der Waals surface area contributed by atoms with Crippen LogP contribution in [0.3, 0.4) is 0 Å². The molecule has 0 atom stereocenters. The Morgan fingerprint density at radius 3 is 2.38 bits per heavy atom. The molecule has 0 aromatic heterocycles. The second kappa shape index (κ2) is 3.42. The first kappa shape index (κ1) is 10.5. The van der Waals surface area contributed by atoms with Crippen LogP contribution in [-0.2, 0) is 0 Å². The fourth-order valence-corrected chi connectivity index (χ4v) is 3.00. The summed E-state index contributed by atoms with van der Waals surface area (Å²) >= 11 is 2.98. The number of hydrogen-bond donors (Lipinski definition) is 0. The van der Waals surface area contributed by atoms with E-state index in [0.717, 1.165) is 13.1 Å². The largest absolute Gasteiger partial charge is 0.368 e. The quantitative estimate of drug-likeness (QED) is 0.712. The summed E-state index contributed by atoms with van der Waals surface area (Å²) in [7, 11) is 0. The predicted octanol–water partition coefficient (Wildman–Crippen LogP) is 3.72. The Kier molecular flexibility index (Phi) is 2.25. The lowest BCUT2D eigenvalue weighted by atomic mass is 9.63. The Hall–Kier alpha value is -0.640. The number of anilines is 1. The highest BCUT2D eigenvalue weighted by Gasteiger charge is 2.47. The summed E-state index contributed by atoms with van der Waals surface area (Å²) in [5.41, 5.74) is 0.828. The monoisotopic (exact) mass is 287 g/mol. The Morgan fingerprint density at radius 2 is 1.81 bits per heavy atom. The molecule has 1 saturated carbocycles. The molecule has 2 aliphatic rings. The molecular formula is C12H12BrF2N. The molecular weight excluding hydrogens is 276 g/mol. The van der Waals surface area contributed by atoms with Crippen LogP contribution in [0, 0.1) is 17.0 Å². The van der Waals surface area contributed by atoms with Gasteiger partial charge in [-0.05, 0) is 34.8 Å². The van der Waals surface area contributed by atoms with Crippen LogP contribution in [-0.4, -0.2) is 13.1 Å². The van der Waals surface area contributed by atoms with Gasteiger partial charge in [0.15, 0.2) is 0 Å². The van der Waals surface area contributed by atoms with Crippen molar-refractivity contribution < 1.29 is 8.78 Å². The molecule has 1 aromatic rings. The molecule has 1 aromatic carbocycles. The van der Waals surface area contributed by atoms with Crippen molar-refractivity contribution in [1.29, 1.82) is 0 Å². The Bertz CT molecular complexity index is 435.